The molecule has 0 bridgehead atoms. The molecule has 1 aliphatic rings. The van der Waals surface area contributed by atoms with Crippen molar-refractivity contribution in [3.63, 3.8) is 0 Å². The van der Waals surface area contributed by atoms with Gasteiger partial charge in [0, 0.05) is 11.6 Å². The summed E-state index contributed by atoms with van der Waals surface area (Å²) in [5, 5.41) is 12.8. The number of hydrogen-bond donors (Lipinski definition) is 2. The quantitative estimate of drug-likeness (QED) is 0.508. The molecule has 0 saturated carbocycles. The maximum Gasteiger partial charge on any atom is 0.411 e. The number of ether oxygens (including phenoxy) is 1. The summed E-state index contributed by atoms with van der Waals surface area (Å²) in [5.74, 6) is 0.486. The zero-order valence-electron chi connectivity index (χ0n) is 16.7. The van der Waals surface area contributed by atoms with Crippen molar-refractivity contribution in [1.29, 1.82) is 0 Å². The molecule has 2 N–H and O–H groups in total. The van der Waals surface area contributed by atoms with Crippen molar-refractivity contribution in [2.75, 3.05) is 11.9 Å². The molecule has 0 aliphatic heterocycles. The highest BCUT2D eigenvalue weighted by Gasteiger charge is 2.29. The molecule has 0 saturated heterocycles. The van der Waals surface area contributed by atoms with E-state index in [0.29, 0.717) is 5.69 Å². The van der Waals surface area contributed by atoms with Crippen molar-refractivity contribution < 1.29 is 14.6 Å². The van der Waals surface area contributed by atoms with E-state index >= 15 is 0 Å². The summed E-state index contributed by atoms with van der Waals surface area (Å²) in [5.41, 5.74) is 6.22. The number of hydrogen-bond acceptors (Lipinski definition) is 3. The van der Waals surface area contributed by atoms with E-state index in [1.807, 2.05) is 37.3 Å². The second-order valence-corrected chi connectivity index (χ2v) is 7.53. The van der Waals surface area contributed by atoms with Gasteiger partial charge >= 0.3 is 6.09 Å². The lowest BCUT2D eigenvalue weighted by Crippen LogP contribution is -2.18. The fourth-order valence-corrected chi connectivity index (χ4v) is 4.00. The zero-order chi connectivity index (χ0) is 20.4. The summed E-state index contributed by atoms with van der Waals surface area (Å²) < 4.78 is 5.59. The maximum atomic E-state index is 12.4. The number of nitrogens with one attached hydrogen (secondary N) is 1. The van der Waals surface area contributed by atoms with Gasteiger partial charge in [-0.05, 0) is 58.4 Å². The number of carbonyl (C=O) groups is 1. The number of anilines is 1. The minimum Gasteiger partial charge on any atom is -0.508 e. The fourth-order valence-electron chi connectivity index (χ4n) is 4.00. The van der Waals surface area contributed by atoms with Crippen LogP contribution in [0.4, 0.5) is 10.5 Å². The summed E-state index contributed by atoms with van der Waals surface area (Å²) in [7, 11) is 0. The zero-order valence-corrected chi connectivity index (χ0v) is 16.7. The summed E-state index contributed by atoms with van der Waals surface area (Å²) in [6.45, 7) is 4.39. The lowest BCUT2D eigenvalue weighted by Gasteiger charge is -2.16. The first-order valence-electron chi connectivity index (χ1n) is 10.0. The van der Waals surface area contributed by atoms with Crippen LogP contribution in [-0.4, -0.2) is 17.8 Å². The molecule has 0 radical (unpaired) electrons. The average Bonchev–Trinajstić information content (AvgIpc) is 3.07. The van der Waals surface area contributed by atoms with E-state index in [4.69, 9.17) is 4.74 Å². The summed E-state index contributed by atoms with van der Waals surface area (Å²) in [4.78, 5) is 12.4. The van der Waals surface area contributed by atoms with E-state index in [0.717, 1.165) is 12.0 Å². The third kappa shape index (κ3) is 3.70. The largest absolute Gasteiger partial charge is 0.508 e. The lowest BCUT2D eigenvalue weighted by molar-refractivity contribution is 0.158. The number of amides is 1. The van der Waals surface area contributed by atoms with Crippen molar-refractivity contribution in [1.82, 2.24) is 0 Å². The van der Waals surface area contributed by atoms with E-state index in [1.165, 1.54) is 22.3 Å². The predicted octanol–water partition coefficient (Wildman–Crippen LogP) is 6.27. The number of carbonyl (C=O) groups excluding carboxylic acids is 1. The second-order valence-electron chi connectivity index (χ2n) is 7.53. The second kappa shape index (κ2) is 8.00. The molecule has 3 aromatic rings. The Labute approximate surface area is 171 Å². The van der Waals surface area contributed by atoms with Gasteiger partial charge < -0.3 is 9.84 Å². The van der Waals surface area contributed by atoms with Gasteiger partial charge in [-0.1, -0.05) is 62.4 Å². The molecule has 0 heterocycles. The van der Waals surface area contributed by atoms with Crippen molar-refractivity contribution in [3.8, 4) is 16.9 Å². The van der Waals surface area contributed by atoms with Crippen LogP contribution < -0.4 is 5.32 Å². The summed E-state index contributed by atoms with van der Waals surface area (Å²) >= 11 is 0. The van der Waals surface area contributed by atoms with E-state index in [9.17, 15) is 9.90 Å². The average molecular weight is 387 g/mol. The van der Waals surface area contributed by atoms with Crippen LogP contribution in [0, 0.1) is 0 Å². The first-order valence-corrected chi connectivity index (χ1v) is 10.0. The maximum absolute atomic E-state index is 12.4. The molecule has 1 atom stereocenters. The lowest BCUT2D eigenvalue weighted by atomic mass is 9.97. The van der Waals surface area contributed by atoms with E-state index < -0.39 is 6.09 Å². The van der Waals surface area contributed by atoms with Crippen LogP contribution in [-0.2, 0) is 4.74 Å². The van der Waals surface area contributed by atoms with Gasteiger partial charge in [-0.2, -0.15) is 0 Å². The smallest absolute Gasteiger partial charge is 0.411 e. The van der Waals surface area contributed by atoms with Crippen LogP contribution >= 0.6 is 0 Å². The number of fused-ring (bicyclic) bond motifs is 3. The van der Waals surface area contributed by atoms with Gasteiger partial charge in [-0.25, -0.2) is 4.79 Å². The third-order valence-electron chi connectivity index (χ3n) is 5.76. The first kappa shape index (κ1) is 19.1. The Balaban J connectivity index is 1.47. The van der Waals surface area contributed by atoms with Crippen molar-refractivity contribution in [2.45, 2.75) is 32.1 Å². The molecule has 4 rings (SSSR count). The predicted molar refractivity (Wildman–Crippen MR) is 116 cm³/mol. The van der Waals surface area contributed by atoms with Crippen molar-refractivity contribution >= 4 is 11.8 Å². The van der Waals surface area contributed by atoms with Gasteiger partial charge in [0.15, 0.2) is 0 Å². The molecule has 1 aliphatic carbocycles. The Morgan fingerprint density at radius 2 is 1.66 bits per heavy atom. The van der Waals surface area contributed by atoms with Crippen LogP contribution in [0.15, 0.2) is 66.7 Å². The normalized spacial score (nSPS) is 13.4. The molecule has 3 aromatic carbocycles. The molecule has 4 nitrogen and oxygen atoms in total. The Morgan fingerprint density at radius 1 is 1.03 bits per heavy atom. The van der Waals surface area contributed by atoms with E-state index in [2.05, 4.69) is 36.5 Å². The molecular weight excluding hydrogens is 362 g/mol. The first-order chi connectivity index (χ1) is 14.1. The Bertz CT molecular complexity index is 998. The van der Waals surface area contributed by atoms with Crippen molar-refractivity contribution in [3.05, 3.63) is 83.4 Å². The Hall–Kier alpha value is -3.27. The molecular formula is C25H25NO3. The highest BCUT2D eigenvalue weighted by atomic mass is 16.5. The van der Waals surface area contributed by atoms with Gasteiger partial charge in [0.1, 0.15) is 12.4 Å². The van der Waals surface area contributed by atoms with E-state index in [1.54, 1.807) is 12.1 Å². The van der Waals surface area contributed by atoms with E-state index in [-0.39, 0.29) is 24.2 Å². The number of phenols is 1. The number of benzene rings is 3. The Kier molecular flexibility index (Phi) is 5.26. The van der Waals surface area contributed by atoms with Gasteiger partial charge in [-0.3, -0.25) is 5.32 Å². The highest BCUT2D eigenvalue weighted by molar-refractivity contribution is 5.85. The number of aromatic hydroxyl groups is 1. The van der Waals surface area contributed by atoms with Crippen LogP contribution in [0.5, 0.6) is 5.75 Å². The summed E-state index contributed by atoms with van der Waals surface area (Å²) in [6.07, 6.45) is 0.412. The van der Waals surface area contributed by atoms with Gasteiger partial charge in [0.2, 0.25) is 0 Å². The van der Waals surface area contributed by atoms with Gasteiger partial charge in [-0.15, -0.1) is 0 Å². The van der Waals surface area contributed by atoms with Crippen molar-refractivity contribution in [2.24, 2.45) is 0 Å². The number of rotatable bonds is 5. The molecule has 0 fully saturated rings. The fraction of sp³-hybridized carbons (Fsp3) is 0.240. The Morgan fingerprint density at radius 3 is 2.28 bits per heavy atom. The molecule has 148 valence electrons. The minimum atomic E-state index is -0.493. The molecule has 4 heteroatoms. The molecule has 1 amide bonds. The number of phenolic OH excluding ortho intramolecular Hbond substituents is 1. The van der Waals surface area contributed by atoms with Gasteiger partial charge in [0.25, 0.3) is 0 Å². The standard InChI is InChI=1S/C25H25NO3/c1-3-16(2)22-14-17(12-13-24(22)27)26-25(28)29-15-23-20-10-6-4-8-18(20)19-9-5-7-11-21(19)23/h4-14,16,23,27H,3,15H2,1-2H3,(H,26,28). The van der Waals surface area contributed by atoms with Crippen LogP contribution in [0.3, 0.4) is 0 Å². The third-order valence-corrected chi connectivity index (χ3v) is 5.76. The van der Waals surface area contributed by atoms with Gasteiger partial charge in [0.05, 0.1) is 0 Å². The minimum absolute atomic E-state index is 0.0312. The monoisotopic (exact) mass is 387 g/mol. The van der Waals surface area contributed by atoms with Crippen LogP contribution in [0.2, 0.25) is 0 Å². The molecule has 1 unspecified atom stereocenters. The highest BCUT2D eigenvalue weighted by Crippen LogP contribution is 2.44. The van der Waals surface area contributed by atoms with Crippen LogP contribution in [0.1, 0.15) is 48.8 Å². The molecule has 0 aromatic heterocycles. The topological polar surface area (TPSA) is 58.6 Å². The molecule has 29 heavy (non-hydrogen) atoms. The summed E-state index contributed by atoms with van der Waals surface area (Å²) in [6, 6.07) is 21.6. The van der Waals surface area contributed by atoms with Crippen LogP contribution in [0.25, 0.3) is 11.1 Å². The SMILES string of the molecule is CCC(C)c1cc(NC(=O)OCC2c3ccccc3-c3ccccc32)ccc1O. The molecule has 0 spiro atoms.